The summed E-state index contributed by atoms with van der Waals surface area (Å²) in [5.74, 6) is 1.99. The van der Waals surface area contributed by atoms with Gasteiger partial charge >= 0.3 is 3.18 Å². The molecule has 0 bridgehead atoms. The zero-order chi connectivity index (χ0) is 33.9. The molecular formula is C35H28BBr3Cl2N4O2. The highest BCUT2D eigenvalue weighted by atomic mass is 79.9. The van der Waals surface area contributed by atoms with Gasteiger partial charge in [0.25, 0.3) is 0 Å². The van der Waals surface area contributed by atoms with Crippen molar-refractivity contribution in [1.29, 1.82) is 0 Å². The normalized spacial score (nSPS) is 11.3. The SMILES string of the molecule is BrB(Br)Br.COc1ccc2cc(C(N)=Nc3ccc(Cl)cc3)ccc2c1.NC(=Nc1ccc(Cl)cc1)c1ccc2cc(O)ccc2c1. The molecule has 6 nitrogen and oxygen atoms in total. The van der Waals surface area contributed by atoms with Crippen molar-refractivity contribution < 1.29 is 9.84 Å². The first-order valence-electron chi connectivity index (χ1n) is 13.9. The van der Waals surface area contributed by atoms with Gasteiger partial charge in [0.05, 0.1) is 18.5 Å². The second-order valence-electron chi connectivity index (χ2n) is 9.87. The molecular weight excluding hydrogens is 830 g/mol. The third-order valence-electron chi connectivity index (χ3n) is 6.62. The summed E-state index contributed by atoms with van der Waals surface area (Å²) in [5, 5.41) is 15.0. The number of methoxy groups -OCH3 is 1. The fourth-order valence-corrected chi connectivity index (χ4v) is 4.59. The Morgan fingerprint density at radius 1 is 0.596 bits per heavy atom. The Kier molecular flexibility index (Phi) is 13.6. The van der Waals surface area contributed by atoms with E-state index in [9.17, 15) is 5.11 Å². The van der Waals surface area contributed by atoms with Gasteiger partial charge in [0.1, 0.15) is 23.2 Å². The average molecular weight is 858 g/mol. The maximum atomic E-state index is 9.47. The first kappa shape index (κ1) is 36.3. The Hall–Kier alpha value is -3.54. The third kappa shape index (κ3) is 11.3. The maximum Gasteiger partial charge on any atom is 0.369 e. The summed E-state index contributed by atoms with van der Waals surface area (Å²) < 4.78 is 5.50. The van der Waals surface area contributed by atoms with Gasteiger partial charge in [-0.2, -0.15) is 0 Å². The minimum absolute atomic E-state index is 0.248. The highest BCUT2D eigenvalue weighted by molar-refractivity contribution is 9.69. The topological polar surface area (TPSA) is 106 Å². The van der Waals surface area contributed by atoms with Crippen LogP contribution in [0.25, 0.3) is 21.5 Å². The van der Waals surface area contributed by atoms with Crippen molar-refractivity contribution >= 4 is 118 Å². The van der Waals surface area contributed by atoms with Crippen LogP contribution in [0.3, 0.4) is 0 Å². The number of hydrogen-bond donors (Lipinski definition) is 3. The lowest BCUT2D eigenvalue weighted by molar-refractivity contribution is 0.415. The number of ether oxygens (including phenoxy) is 1. The number of benzene rings is 6. The van der Waals surface area contributed by atoms with E-state index in [0.717, 1.165) is 49.8 Å². The number of amidine groups is 2. The number of aliphatic imine (C=N–C) groups is 2. The van der Waals surface area contributed by atoms with Crippen LogP contribution in [-0.4, -0.2) is 27.1 Å². The molecule has 0 aliphatic rings. The molecule has 6 rings (SSSR count). The third-order valence-corrected chi connectivity index (χ3v) is 7.12. The van der Waals surface area contributed by atoms with Crippen molar-refractivity contribution in [2.45, 2.75) is 0 Å². The number of halogens is 5. The Morgan fingerprint density at radius 3 is 1.43 bits per heavy atom. The van der Waals surface area contributed by atoms with Crippen LogP contribution in [0, 0.1) is 0 Å². The van der Waals surface area contributed by atoms with E-state index >= 15 is 0 Å². The number of aromatic hydroxyl groups is 1. The molecule has 0 spiro atoms. The van der Waals surface area contributed by atoms with Crippen LogP contribution in [0.15, 0.2) is 131 Å². The summed E-state index contributed by atoms with van der Waals surface area (Å²) in [7, 11) is 1.66. The second-order valence-corrected chi connectivity index (χ2v) is 17.2. The quantitative estimate of drug-likeness (QED) is 0.0912. The standard InChI is InChI=1S/C18H15ClN2O.C17H13ClN2O.BBr3/c1-22-17-9-4-12-10-14(3-2-13(12)11-17)18(20)21-16-7-5-15(19)6-8-16;18-14-4-6-15(7-5-14)20-17(19)13-2-1-12-10-16(21)8-3-11(12)9-13;2-1(3)4/h2-11H,1H3,(H2,20,21);1-10,21H,(H2,19,20);. The van der Waals surface area contributed by atoms with Gasteiger partial charge in [0.2, 0.25) is 0 Å². The Bertz CT molecular complexity index is 2020. The smallest absolute Gasteiger partial charge is 0.369 e. The van der Waals surface area contributed by atoms with E-state index in [-0.39, 0.29) is 8.93 Å². The van der Waals surface area contributed by atoms with Crippen LogP contribution in [0.1, 0.15) is 11.1 Å². The summed E-state index contributed by atoms with van der Waals surface area (Å²) in [6.45, 7) is 0. The molecule has 238 valence electrons. The molecule has 0 aliphatic carbocycles. The minimum atomic E-state index is 0.248. The lowest BCUT2D eigenvalue weighted by Crippen LogP contribution is -2.12. The minimum Gasteiger partial charge on any atom is -0.508 e. The summed E-state index contributed by atoms with van der Waals surface area (Å²) in [5.41, 5.74) is 15.4. The predicted octanol–water partition coefficient (Wildman–Crippen LogP) is 10.9. The molecule has 0 radical (unpaired) electrons. The largest absolute Gasteiger partial charge is 0.508 e. The van der Waals surface area contributed by atoms with Gasteiger partial charge in [-0.3, -0.25) is 0 Å². The number of phenols is 1. The highest BCUT2D eigenvalue weighted by Gasteiger charge is 2.04. The lowest BCUT2D eigenvalue weighted by Gasteiger charge is -2.06. The molecule has 0 atom stereocenters. The zero-order valence-electron chi connectivity index (χ0n) is 24.9. The molecule has 6 aromatic carbocycles. The predicted molar refractivity (Wildman–Crippen MR) is 212 cm³/mol. The number of hydrogen-bond acceptors (Lipinski definition) is 4. The molecule has 0 saturated carbocycles. The van der Waals surface area contributed by atoms with Crippen LogP contribution >= 0.6 is 70.5 Å². The number of fused-ring (bicyclic) bond motifs is 2. The average Bonchev–Trinajstić information content (AvgIpc) is 3.06. The van der Waals surface area contributed by atoms with E-state index < -0.39 is 0 Å². The lowest BCUT2D eigenvalue weighted by atomic mass is 10.1. The summed E-state index contributed by atoms with van der Waals surface area (Å²) in [6.07, 6.45) is 0. The van der Waals surface area contributed by atoms with Crippen LogP contribution < -0.4 is 16.2 Å². The van der Waals surface area contributed by atoms with Gasteiger partial charge < -0.3 is 21.3 Å². The number of rotatable bonds is 5. The maximum absolute atomic E-state index is 9.47. The molecule has 0 fully saturated rings. The molecule has 6 aromatic rings. The van der Waals surface area contributed by atoms with Gasteiger partial charge in [-0.1, -0.05) is 59.6 Å². The Morgan fingerprint density at radius 2 is 0.979 bits per heavy atom. The monoisotopic (exact) mass is 854 g/mol. The first-order valence-corrected chi connectivity index (χ1v) is 17.4. The van der Waals surface area contributed by atoms with Gasteiger partial charge in [-0.05, 0) is 106 Å². The fourth-order valence-electron chi connectivity index (χ4n) is 4.34. The van der Waals surface area contributed by atoms with Crippen molar-refractivity contribution in [1.82, 2.24) is 0 Å². The van der Waals surface area contributed by atoms with E-state index in [0.29, 0.717) is 21.7 Å². The van der Waals surface area contributed by atoms with Gasteiger partial charge in [-0.15, -0.1) is 47.3 Å². The van der Waals surface area contributed by atoms with Crippen LogP contribution in [0.2, 0.25) is 10.0 Å². The summed E-state index contributed by atoms with van der Waals surface area (Å²) in [4.78, 5) is 8.80. The van der Waals surface area contributed by atoms with Crippen molar-refractivity contribution in [3.05, 3.63) is 142 Å². The molecule has 0 aliphatic heterocycles. The Labute approximate surface area is 308 Å². The van der Waals surface area contributed by atoms with Gasteiger partial charge in [-0.25, -0.2) is 9.98 Å². The van der Waals surface area contributed by atoms with Gasteiger partial charge in [0, 0.05) is 21.2 Å². The molecule has 0 unspecified atom stereocenters. The van der Waals surface area contributed by atoms with Crippen molar-refractivity contribution in [2.24, 2.45) is 21.5 Å². The first-order chi connectivity index (χ1) is 22.5. The van der Waals surface area contributed by atoms with Crippen LogP contribution in [0.5, 0.6) is 11.5 Å². The van der Waals surface area contributed by atoms with E-state index in [1.54, 1.807) is 43.5 Å². The molecule has 12 heteroatoms. The summed E-state index contributed by atoms with van der Waals surface area (Å²) in [6, 6.07) is 37.3. The zero-order valence-corrected chi connectivity index (χ0v) is 31.2. The van der Waals surface area contributed by atoms with E-state index in [1.807, 2.05) is 84.9 Å². The highest BCUT2D eigenvalue weighted by Crippen LogP contribution is 2.24. The molecule has 0 amide bonds. The van der Waals surface area contributed by atoms with Crippen LogP contribution in [-0.2, 0) is 0 Å². The molecule has 0 aromatic heterocycles. The van der Waals surface area contributed by atoms with Crippen molar-refractivity contribution in [3.8, 4) is 11.5 Å². The van der Waals surface area contributed by atoms with Crippen molar-refractivity contribution in [3.63, 3.8) is 0 Å². The number of nitrogens with two attached hydrogens (primary N) is 2. The number of nitrogens with zero attached hydrogens (tertiary/aromatic N) is 2. The van der Waals surface area contributed by atoms with E-state index in [4.69, 9.17) is 39.4 Å². The fraction of sp³-hybridized carbons (Fsp3) is 0.0286. The van der Waals surface area contributed by atoms with E-state index in [1.165, 1.54) is 0 Å². The molecule has 0 saturated heterocycles. The van der Waals surface area contributed by atoms with Gasteiger partial charge in [0.15, 0.2) is 0 Å². The summed E-state index contributed by atoms with van der Waals surface area (Å²) >= 11 is 21.0. The second kappa shape index (κ2) is 17.6. The number of phenolic OH excluding ortho intramolecular Hbond substituents is 1. The Balaban J connectivity index is 0.000000191. The molecule has 0 heterocycles. The van der Waals surface area contributed by atoms with Crippen LogP contribution in [0.4, 0.5) is 11.4 Å². The molecule has 47 heavy (non-hydrogen) atoms. The molecule has 5 N–H and O–H groups in total. The van der Waals surface area contributed by atoms with E-state index in [2.05, 4.69) is 57.3 Å². The van der Waals surface area contributed by atoms with Crippen molar-refractivity contribution in [2.75, 3.05) is 7.11 Å².